The Morgan fingerprint density at radius 2 is 2.20 bits per heavy atom. The van der Waals surface area contributed by atoms with Crippen LogP contribution in [0.25, 0.3) is 0 Å². The van der Waals surface area contributed by atoms with Crippen molar-refractivity contribution in [1.29, 1.82) is 5.26 Å². The molecule has 0 spiro atoms. The van der Waals surface area contributed by atoms with E-state index in [9.17, 15) is 10.4 Å². The van der Waals surface area contributed by atoms with E-state index in [4.69, 9.17) is 22.7 Å². The van der Waals surface area contributed by atoms with Gasteiger partial charge < -0.3 is 20.1 Å². The van der Waals surface area contributed by atoms with Crippen molar-refractivity contribution in [2.24, 2.45) is 0 Å². The molecule has 6 heteroatoms. The Hall–Kier alpha value is -1.42. The zero-order valence-electron chi connectivity index (χ0n) is 11.9. The van der Waals surface area contributed by atoms with E-state index in [0.717, 1.165) is 11.1 Å². The van der Waals surface area contributed by atoms with Crippen molar-refractivity contribution in [3.8, 4) is 6.07 Å². The molecule has 1 atom stereocenters. The molecule has 1 aromatic heterocycles. The fourth-order valence-corrected chi connectivity index (χ4v) is 2.86. The quantitative estimate of drug-likeness (QED) is 0.814. The average Bonchev–Trinajstić information content (AvgIpc) is 2.33. The molecule has 5 nitrogen and oxygen atoms in total. The van der Waals surface area contributed by atoms with Gasteiger partial charge in [0.1, 0.15) is 16.5 Å². The number of aliphatic hydroxyl groups is 1. The number of nitrogens with two attached hydrogens (primary N) is 1. The molecule has 0 aliphatic carbocycles. The molecule has 3 N–H and O–H groups in total. The van der Waals surface area contributed by atoms with Crippen LogP contribution in [0.2, 0.25) is 0 Å². The number of nitrogens with zero attached hydrogens (tertiary/aromatic N) is 2. The van der Waals surface area contributed by atoms with Gasteiger partial charge in [-0.2, -0.15) is 5.26 Å². The minimum atomic E-state index is -0.588. The van der Waals surface area contributed by atoms with E-state index in [1.807, 2.05) is 13.8 Å². The number of hydrogen-bond donors (Lipinski definition) is 2. The zero-order chi connectivity index (χ0) is 15.1. The van der Waals surface area contributed by atoms with Crippen molar-refractivity contribution in [2.45, 2.75) is 52.0 Å². The topological polar surface area (TPSA) is 84.2 Å². The number of fused-ring (bicyclic) bond motifs is 1. The van der Waals surface area contributed by atoms with Crippen molar-refractivity contribution < 1.29 is 9.84 Å². The highest BCUT2D eigenvalue weighted by Gasteiger charge is 2.31. The molecule has 108 valence electrons. The largest absolute Gasteiger partial charge is 0.392 e. The van der Waals surface area contributed by atoms with Gasteiger partial charge in [-0.3, -0.25) is 0 Å². The molecule has 1 aliphatic heterocycles. The number of pyridine rings is 1. The third kappa shape index (κ3) is 2.57. The summed E-state index contributed by atoms with van der Waals surface area (Å²) in [6.45, 7) is 6.26. The molecule has 0 bridgehead atoms. The molecule has 1 unspecified atom stereocenters. The second-order valence-corrected chi connectivity index (χ2v) is 6.21. The van der Waals surface area contributed by atoms with E-state index in [0.29, 0.717) is 29.0 Å². The number of aliphatic hydroxyl groups excluding tert-OH is 1. The third-order valence-corrected chi connectivity index (χ3v) is 3.95. The Balaban J connectivity index is 2.69. The molecular formula is C14H19N3O2S. The maximum absolute atomic E-state index is 9.57. The lowest BCUT2D eigenvalue weighted by molar-refractivity contribution is -0.0407. The zero-order valence-corrected chi connectivity index (χ0v) is 12.8. The number of ether oxygens (including phenoxy) is 1. The Morgan fingerprint density at radius 1 is 1.55 bits per heavy atom. The van der Waals surface area contributed by atoms with Crippen LogP contribution in [0.1, 0.15) is 37.5 Å². The second-order valence-electron chi connectivity index (χ2n) is 5.82. The Bertz CT molecular complexity index is 641. The normalized spacial score (nSPS) is 18.1. The number of hydrogen-bond acceptors (Lipinski definition) is 5. The summed E-state index contributed by atoms with van der Waals surface area (Å²) in [4.78, 5) is 0. The van der Waals surface area contributed by atoms with E-state index < -0.39 is 6.10 Å². The summed E-state index contributed by atoms with van der Waals surface area (Å²) in [5.41, 5.74) is 7.92. The first-order chi connectivity index (χ1) is 9.26. The molecule has 1 aromatic rings. The summed E-state index contributed by atoms with van der Waals surface area (Å²) in [6, 6.07) is 2.17. The summed E-state index contributed by atoms with van der Waals surface area (Å²) in [6.07, 6.45) is 0.0174. The molecule has 0 saturated carbocycles. The molecule has 0 radical (unpaired) electrons. The highest BCUT2D eigenvalue weighted by Crippen LogP contribution is 2.33. The van der Waals surface area contributed by atoms with Gasteiger partial charge in [0.25, 0.3) is 0 Å². The van der Waals surface area contributed by atoms with E-state index in [2.05, 4.69) is 6.07 Å². The number of anilines is 1. The lowest BCUT2D eigenvalue weighted by Crippen LogP contribution is -2.34. The monoisotopic (exact) mass is 293 g/mol. The fraction of sp³-hybridized carbons (Fsp3) is 0.571. The van der Waals surface area contributed by atoms with Gasteiger partial charge in [0.2, 0.25) is 0 Å². The summed E-state index contributed by atoms with van der Waals surface area (Å²) in [5, 5.41) is 19.0. The van der Waals surface area contributed by atoms with E-state index in [-0.39, 0.29) is 12.1 Å². The molecule has 2 heterocycles. The van der Waals surface area contributed by atoms with Gasteiger partial charge in [0.05, 0.1) is 30.4 Å². The van der Waals surface area contributed by atoms with Gasteiger partial charge in [-0.05, 0) is 26.3 Å². The van der Waals surface area contributed by atoms with Gasteiger partial charge >= 0.3 is 0 Å². The van der Waals surface area contributed by atoms with Gasteiger partial charge in [-0.1, -0.05) is 12.2 Å². The molecule has 0 aromatic carbocycles. The first-order valence-corrected chi connectivity index (χ1v) is 6.94. The highest BCUT2D eigenvalue weighted by molar-refractivity contribution is 7.71. The third-order valence-electron chi connectivity index (χ3n) is 3.48. The van der Waals surface area contributed by atoms with E-state index in [1.165, 1.54) is 0 Å². The van der Waals surface area contributed by atoms with Crippen LogP contribution in [0.5, 0.6) is 0 Å². The summed E-state index contributed by atoms with van der Waals surface area (Å²) in [5.74, 6) is 0.329. The standard InChI is InChI=1S/C14H19N3O2S/c1-8(18)6-17-12(16)10(5-15)9-4-14(2,3)19-7-11(9)13(17)20/h8,18H,4,6-7,16H2,1-3H3. The maximum Gasteiger partial charge on any atom is 0.122 e. The number of nitriles is 1. The van der Waals surface area contributed by atoms with Crippen molar-refractivity contribution in [2.75, 3.05) is 5.73 Å². The molecule has 20 heavy (non-hydrogen) atoms. The van der Waals surface area contributed by atoms with Crippen molar-refractivity contribution in [3.05, 3.63) is 21.3 Å². The van der Waals surface area contributed by atoms with Crippen LogP contribution in [0, 0.1) is 16.0 Å². The molecule has 2 rings (SSSR count). The Kier molecular flexibility index (Phi) is 3.87. The van der Waals surface area contributed by atoms with Gasteiger partial charge in [0, 0.05) is 12.0 Å². The smallest absolute Gasteiger partial charge is 0.122 e. The Morgan fingerprint density at radius 3 is 2.75 bits per heavy atom. The van der Waals surface area contributed by atoms with Gasteiger partial charge in [-0.25, -0.2) is 0 Å². The van der Waals surface area contributed by atoms with Crippen molar-refractivity contribution in [3.63, 3.8) is 0 Å². The summed E-state index contributed by atoms with van der Waals surface area (Å²) in [7, 11) is 0. The molecular weight excluding hydrogens is 274 g/mol. The minimum Gasteiger partial charge on any atom is -0.392 e. The lowest BCUT2D eigenvalue weighted by atomic mass is 9.89. The lowest BCUT2D eigenvalue weighted by Gasteiger charge is -2.33. The first-order valence-electron chi connectivity index (χ1n) is 6.53. The van der Waals surface area contributed by atoms with Crippen LogP contribution < -0.4 is 5.73 Å². The minimum absolute atomic E-state index is 0.274. The SMILES string of the molecule is CC(O)Cn1c(N)c(C#N)c2c(c1=S)COC(C)(C)C2. The summed E-state index contributed by atoms with van der Waals surface area (Å²) < 4.78 is 7.95. The maximum atomic E-state index is 9.57. The van der Waals surface area contributed by atoms with Crippen LogP contribution in [0.15, 0.2) is 0 Å². The summed E-state index contributed by atoms with van der Waals surface area (Å²) >= 11 is 5.45. The molecule has 1 aliphatic rings. The molecule has 0 fully saturated rings. The van der Waals surface area contributed by atoms with Crippen molar-refractivity contribution >= 4 is 18.0 Å². The fourth-order valence-electron chi connectivity index (χ4n) is 2.50. The van der Waals surface area contributed by atoms with E-state index in [1.54, 1.807) is 11.5 Å². The predicted octanol–water partition coefficient (Wildman–Crippen LogP) is 1.90. The number of aromatic nitrogens is 1. The predicted molar refractivity (Wildman–Crippen MR) is 78.6 cm³/mol. The molecule has 0 amide bonds. The van der Waals surface area contributed by atoms with Crippen LogP contribution >= 0.6 is 12.2 Å². The average molecular weight is 293 g/mol. The van der Waals surface area contributed by atoms with Crippen molar-refractivity contribution in [1.82, 2.24) is 4.57 Å². The van der Waals surface area contributed by atoms with Gasteiger partial charge in [-0.15, -0.1) is 0 Å². The van der Waals surface area contributed by atoms with Crippen LogP contribution in [0.4, 0.5) is 5.82 Å². The first kappa shape index (κ1) is 15.0. The Labute approximate surface area is 123 Å². The number of nitrogen functional groups attached to an aromatic ring is 1. The number of rotatable bonds is 2. The van der Waals surface area contributed by atoms with E-state index >= 15 is 0 Å². The van der Waals surface area contributed by atoms with Crippen LogP contribution in [0.3, 0.4) is 0 Å². The second kappa shape index (κ2) is 5.17. The van der Waals surface area contributed by atoms with Crippen LogP contribution in [-0.2, 0) is 24.3 Å². The molecule has 0 saturated heterocycles. The van der Waals surface area contributed by atoms with Gasteiger partial charge in [0.15, 0.2) is 0 Å². The van der Waals surface area contributed by atoms with Crippen LogP contribution in [-0.4, -0.2) is 21.4 Å². The highest BCUT2D eigenvalue weighted by atomic mass is 32.1.